The molecule has 0 atom stereocenters. The molecule has 0 saturated carbocycles. The lowest BCUT2D eigenvalue weighted by molar-refractivity contribution is -0.137. The van der Waals surface area contributed by atoms with Gasteiger partial charge in [-0.3, -0.25) is 15.6 Å². The average Bonchev–Trinajstić information content (AvgIpc) is 2.83. The number of benzene rings is 2. The van der Waals surface area contributed by atoms with Crippen LogP contribution in [-0.2, 0) is 10.9 Å². The van der Waals surface area contributed by atoms with E-state index in [0.717, 1.165) is 18.3 Å². The number of morpholine rings is 1. The third-order valence-corrected chi connectivity index (χ3v) is 5.27. The van der Waals surface area contributed by atoms with Crippen LogP contribution < -0.4 is 21.1 Å². The van der Waals surface area contributed by atoms with Gasteiger partial charge in [0.1, 0.15) is 0 Å². The Morgan fingerprint density at radius 3 is 2.54 bits per heavy atom. The Kier molecular flexibility index (Phi) is 7.01. The first kappa shape index (κ1) is 24.2. The van der Waals surface area contributed by atoms with E-state index in [9.17, 15) is 22.4 Å². The number of hydrazine groups is 1. The number of alkyl halides is 3. The van der Waals surface area contributed by atoms with E-state index in [-0.39, 0.29) is 17.5 Å². The molecule has 0 aliphatic carbocycles. The molecule has 1 aliphatic heterocycles. The van der Waals surface area contributed by atoms with Crippen molar-refractivity contribution in [2.24, 2.45) is 0 Å². The van der Waals surface area contributed by atoms with Crippen molar-refractivity contribution in [3.8, 4) is 0 Å². The van der Waals surface area contributed by atoms with Crippen molar-refractivity contribution >= 4 is 29.0 Å². The largest absolute Gasteiger partial charge is 0.416 e. The fourth-order valence-electron chi connectivity index (χ4n) is 3.53. The van der Waals surface area contributed by atoms with Gasteiger partial charge in [-0.15, -0.1) is 0 Å². The van der Waals surface area contributed by atoms with Gasteiger partial charge in [0.2, 0.25) is 5.95 Å². The molecule has 35 heavy (non-hydrogen) atoms. The zero-order chi connectivity index (χ0) is 25.0. The van der Waals surface area contributed by atoms with Gasteiger partial charge in [-0.2, -0.15) is 18.2 Å². The Bertz CT molecular complexity index is 1210. The maximum absolute atomic E-state index is 14.2. The first-order valence-corrected chi connectivity index (χ1v) is 10.7. The number of aromatic nitrogens is 2. The van der Waals surface area contributed by atoms with Gasteiger partial charge in [0, 0.05) is 30.0 Å². The van der Waals surface area contributed by atoms with Crippen molar-refractivity contribution in [3.05, 3.63) is 71.2 Å². The summed E-state index contributed by atoms with van der Waals surface area (Å²) < 4.78 is 58.2. The van der Waals surface area contributed by atoms with Gasteiger partial charge >= 0.3 is 6.18 Å². The second-order valence-electron chi connectivity index (χ2n) is 7.78. The molecular formula is C23H22F4N6O2. The number of amides is 1. The third-order valence-electron chi connectivity index (χ3n) is 5.27. The first-order valence-electron chi connectivity index (χ1n) is 10.7. The van der Waals surface area contributed by atoms with E-state index in [2.05, 4.69) is 26.1 Å². The highest BCUT2D eigenvalue weighted by molar-refractivity contribution is 5.96. The van der Waals surface area contributed by atoms with Gasteiger partial charge in [-0.1, -0.05) is 6.07 Å². The van der Waals surface area contributed by atoms with Crippen LogP contribution >= 0.6 is 0 Å². The molecule has 1 fully saturated rings. The van der Waals surface area contributed by atoms with Gasteiger partial charge in [0.25, 0.3) is 5.91 Å². The van der Waals surface area contributed by atoms with Crippen molar-refractivity contribution in [2.45, 2.75) is 13.1 Å². The number of carbonyl (C=O) groups is 1. The molecule has 1 aliphatic rings. The molecule has 184 valence electrons. The van der Waals surface area contributed by atoms with E-state index in [0.29, 0.717) is 43.1 Å². The summed E-state index contributed by atoms with van der Waals surface area (Å²) in [5.74, 6) is -0.944. The van der Waals surface area contributed by atoms with Crippen molar-refractivity contribution in [1.29, 1.82) is 0 Å². The molecule has 2 heterocycles. The van der Waals surface area contributed by atoms with Crippen LogP contribution in [0.2, 0.25) is 0 Å². The summed E-state index contributed by atoms with van der Waals surface area (Å²) in [6.45, 7) is 3.58. The molecule has 4 rings (SSSR count). The summed E-state index contributed by atoms with van der Waals surface area (Å²) in [7, 11) is 0. The summed E-state index contributed by atoms with van der Waals surface area (Å²) in [5.41, 5.74) is 5.98. The van der Waals surface area contributed by atoms with Gasteiger partial charge in [-0.25, -0.2) is 9.37 Å². The molecular weight excluding hydrogens is 468 g/mol. The smallest absolute Gasteiger partial charge is 0.378 e. The number of halogens is 4. The number of anilines is 4. The Morgan fingerprint density at radius 1 is 1.09 bits per heavy atom. The van der Waals surface area contributed by atoms with Crippen LogP contribution in [0.4, 0.5) is 40.7 Å². The molecule has 8 nitrogen and oxygen atoms in total. The number of rotatable bonds is 6. The monoisotopic (exact) mass is 490 g/mol. The van der Waals surface area contributed by atoms with E-state index in [1.165, 1.54) is 18.2 Å². The molecule has 3 aromatic rings. The molecule has 0 unspecified atom stereocenters. The fourth-order valence-corrected chi connectivity index (χ4v) is 3.53. The summed E-state index contributed by atoms with van der Waals surface area (Å²) in [6.07, 6.45) is -3.43. The van der Waals surface area contributed by atoms with Crippen molar-refractivity contribution in [2.75, 3.05) is 41.9 Å². The van der Waals surface area contributed by atoms with Crippen LogP contribution in [0.25, 0.3) is 0 Å². The fraction of sp³-hybridized carbons (Fsp3) is 0.261. The Hall–Kier alpha value is -3.93. The summed E-state index contributed by atoms with van der Waals surface area (Å²) >= 11 is 0. The topological polar surface area (TPSA) is 91.4 Å². The highest BCUT2D eigenvalue weighted by Crippen LogP contribution is 2.31. The van der Waals surface area contributed by atoms with Crippen LogP contribution in [0.1, 0.15) is 21.5 Å². The normalized spacial score (nSPS) is 13.9. The summed E-state index contributed by atoms with van der Waals surface area (Å²) in [5, 5.41) is 2.91. The van der Waals surface area contributed by atoms with Crippen molar-refractivity contribution in [3.63, 3.8) is 0 Å². The minimum absolute atomic E-state index is 0.0155. The predicted molar refractivity (Wildman–Crippen MR) is 122 cm³/mol. The highest BCUT2D eigenvalue weighted by atomic mass is 19.4. The van der Waals surface area contributed by atoms with Gasteiger partial charge in [0.15, 0.2) is 11.6 Å². The van der Waals surface area contributed by atoms with E-state index in [1.54, 1.807) is 24.0 Å². The Balaban J connectivity index is 1.41. The quantitative estimate of drug-likeness (QED) is 0.351. The van der Waals surface area contributed by atoms with Crippen LogP contribution in [0.5, 0.6) is 0 Å². The molecule has 0 radical (unpaired) electrons. The number of nitrogens with zero attached hydrogens (tertiary/aromatic N) is 3. The first-order chi connectivity index (χ1) is 16.7. The van der Waals surface area contributed by atoms with Crippen LogP contribution in [0, 0.1) is 12.7 Å². The van der Waals surface area contributed by atoms with E-state index in [4.69, 9.17) is 4.74 Å². The second kappa shape index (κ2) is 10.1. The number of ether oxygens (including phenoxy) is 1. The maximum atomic E-state index is 14.2. The number of aryl methyl sites for hydroxylation is 1. The number of hydrogen-bond donors (Lipinski definition) is 3. The Morgan fingerprint density at radius 2 is 1.83 bits per heavy atom. The van der Waals surface area contributed by atoms with E-state index in [1.807, 2.05) is 0 Å². The molecule has 1 saturated heterocycles. The van der Waals surface area contributed by atoms with Crippen LogP contribution in [-0.4, -0.2) is 42.2 Å². The molecule has 0 spiro atoms. The zero-order valence-electron chi connectivity index (χ0n) is 18.6. The standard InChI is InChI=1S/C23H22F4N6O2/c1-14-11-17(29-16-4-2-3-15(12-16)23(25,26)27)5-6-18(14)21(34)31-32-22-28-13-19(24)20(30-22)33-7-9-35-10-8-33/h2-6,11-13,29H,7-10H2,1H3,(H,31,34)(H,28,30,32). The predicted octanol–water partition coefficient (Wildman–Crippen LogP) is 4.28. The maximum Gasteiger partial charge on any atom is 0.416 e. The van der Waals surface area contributed by atoms with Gasteiger partial charge < -0.3 is 15.0 Å². The molecule has 3 N–H and O–H groups in total. The number of carbonyl (C=O) groups excluding carboxylic acids is 1. The van der Waals surface area contributed by atoms with E-state index >= 15 is 0 Å². The zero-order valence-corrected chi connectivity index (χ0v) is 18.6. The lowest BCUT2D eigenvalue weighted by Gasteiger charge is -2.28. The molecule has 1 aromatic heterocycles. The van der Waals surface area contributed by atoms with E-state index < -0.39 is 23.5 Å². The second-order valence-corrected chi connectivity index (χ2v) is 7.78. The van der Waals surface area contributed by atoms with Gasteiger partial charge in [-0.05, 0) is 48.9 Å². The molecule has 2 aromatic carbocycles. The third kappa shape index (κ3) is 5.96. The summed E-state index contributed by atoms with van der Waals surface area (Å²) in [4.78, 5) is 22.4. The minimum Gasteiger partial charge on any atom is -0.378 e. The molecule has 0 bridgehead atoms. The Labute approximate surface area is 198 Å². The summed E-state index contributed by atoms with van der Waals surface area (Å²) in [6, 6.07) is 9.58. The lowest BCUT2D eigenvalue weighted by Crippen LogP contribution is -2.38. The molecule has 1 amide bonds. The van der Waals surface area contributed by atoms with Gasteiger partial charge in [0.05, 0.1) is 25.0 Å². The average molecular weight is 490 g/mol. The van der Waals surface area contributed by atoms with Crippen LogP contribution in [0.15, 0.2) is 48.7 Å². The minimum atomic E-state index is -4.44. The lowest BCUT2D eigenvalue weighted by atomic mass is 10.1. The number of hydrogen-bond acceptors (Lipinski definition) is 7. The SMILES string of the molecule is Cc1cc(Nc2cccc(C(F)(F)F)c2)ccc1C(=O)NNc1ncc(F)c(N2CCOCC2)n1. The molecule has 12 heteroatoms. The highest BCUT2D eigenvalue weighted by Gasteiger charge is 2.30. The van der Waals surface area contributed by atoms with Crippen molar-refractivity contribution in [1.82, 2.24) is 15.4 Å². The van der Waals surface area contributed by atoms with Crippen LogP contribution in [0.3, 0.4) is 0 Å². The van der Waals surface area contributed by atoms with Crippen molar-refractivity contribution < 1.29 is 27.1 Å². The number of nitrogens with one attached hydrogen (secondary N) is 3.